The number of nitrogens with zero attached hydrogens (tertiary/aromatic N) is 1. The smallest absolute Gasteiger partial charge is 0.307 e. The summed E-state index contributed by atoms with van der Waals surface area (Å²) in [6.07, 6.45) is -3.46. The topological polar surface area (TPSA) is 42.0 Å². The van der Waals surface area contributed by atoms with Gasteiger partial charge in [-0.3, -0.25) is 4.79 Å². The quantitative estimate of drug-likeness (QED) is 0.758. The minimum absolute atomic E-state index is 0.134. The first-order valence-electron chi connectivity index (χ1n) is 5.88. The number of carbonyl (C=O) groups excluding carboxylic acids is 1. The van der Waals surface area contributed by atoms with E-state index in [4.69, 9.17) is 0 Å². The number of pyridine rings is 1. The number of amides is 1. The number of alkyl halides is 3. The molecular weight excluding hydrogens is 396 g/mol. The van der Waals surface area contributed by atoms with Crippen molar-refractivity contribution >= 4 is 34.3 Å². The third-order valence-corrected chi connectivity index (χ3v) is 3.93. The average molecular weight is 406 g/mol. The number of halogens is 4. The Morgan fingerprint density at radius 3 is 2.57 bits per heavy atom. The number of aromatic nitrogens is 1. The van der Waals surface area contributed by atoms with Crippen LogP contribution in [0.3, 0.4) is 0 Å². The van der Waals surface area contributed by atoms with Gasteiger partial charge in [-0.05, 0) is 59.3 Å². The number of aryl methyl sites for hydroxylation is 1. The van der Waals surface area contributed by atoms with Gasteiger partial charge in [0.15, 0.2) is 0 Å². The average Bonchev–Trinajstić information content (AvgIpc) is 2.41. The second-order valence-corrected chi connectivity index (χ2v) is 5.51. The monoisotopic (exact) mass is 406 g/mol. The molecule has 0 saturated heterocycles. The minimum atomic E-state index is -4.47. The lowest BCUT2D eigenvalue weighted by atomic mass is 10.1. The fourth-order valence-electron chi connectivity index (χ4n) is 1.60. The van der Waals surface area contributed by atoms with Crippen molar-refractivity contribution < 1.29 is 18.0 Å². The van der Waals surface area contributed by atoms with Crippen LogP contribution in [-0.2, 0) is 6.18 Å². The van der Waals surface area contributed by atoms with Gasteiger partial charge in [-0.1, -0.05) is 6.07 Å². The summed E-state index contributed by atoms with van der Waals surface area (Å²) in [6.45, 7) is 1.90. The zero-order valence-electron chi connectivity index (χ0n) is 10.8. The SMILES string of the molecule is Cc1ccc(C(=O)Nc2cc(C(F)(F)F)ccn2)cc1I. The zero-order chi connectivity index (χ0) is 15.6. The summed E-state index contributed by atoms with van der Waals surface area (Å²) in [6, 6.07) is 6.71. The molecule has 2 rings (SSSR count). The second-order valence-electron chi connectivity index (χ2n) is 4.35. The minimum Gasteiger partial charge on any atom is -0.307 e. The third-order valence-electron chi connectivity index (χ3n) is 2.76. The van der Waals surface area contributed by atoms with Crippen molar-refractivity contribution in [2.45, 2.75) is 13.1 Å². The normalized spacial score (nSPS) is 11.3. The van der Waals surface area contributed by atoms with Crippen molar-refractivity contribution in [1.82, 2.24) is 4.98 Å². The van der Waals surface area contributed by atoms with Crippen LogP contribution in [0.4, 0.5) is 19.0 Å². The fourth-order valence-corrected chi connectivity index (χ4v) is 2.11. The molecule has 0 saturated carbocycles. The summed E-state index contributed by atoms with van der Waals surface area (Å²) in [5, 5.41) is 2.36. The lowest BCUT2D eigenvalue weighted by Crippen LogP contribution is -2.14. The van der Waals surface area contributed by atoms with Crippen LogP contribution in [0, 0.1) is 10.5 Å². The molecule has 1 amide bonds. The maximum Gasteiger partial charge on any atom is 0.416 e. The van der Waals surface area contributed by atoms with Crippen LogP contribution in [0.25, 0.3) is 0 Å². The first kappa shape index (κ1) is 15.7. The summed E-state index contributed by atoms with van der Waals surface area (Å²) >= 11 is 2.09. The van der Waals surface area contributed by atoms with E-state index >= 15 is 0 Å². The fraction of sp³-hybridized carbons (Fsp3) is 0.143. The van der Waals surface area contributed by atoms with Gasteiger partial charge in [-0.15, -0.1) is 0 Å². The van der Waals surface area contributed by atoms with E-state index in [1.165, 1.54) is 0 Å². The Kier molecular flexibility index (Phi) is 4.50. The Hall–Kier alpha value is -1.64. The van der Waals surface area contributed by atoms with E-state index in [1.807, 2.05) is 6.92 Å². The largest absolute Gasteiger partial charge is 0.416 e. The van der Waals surface area contributed by atoms with Crippen LogP contribution >= 0.6 is 22.6 Å². The maximum atomic E-state index is 12.6. The standard InChI is InChI=1S/C14H10F3IN2O/c1-8-2-3-9(6-11(8)18)13(21)20-12-7-10(4-5-19-12)14(15,16)17/h2-7H,1H3,(H,19,20,21). The number of hydrogen-bond acceptors (Lipinski definition) is 2. The van der Waals surface area contributed by atoms with Gasteiger partial charge < -0.3 is 5.32 Å². The first-order valence-corrected chi connectivity index (χ1v) is 6.96. The van der Waals surface area contributed by atoms with Crippen molar-refractivity contribution in [2.24, 2.45) is 0 Å². The molecule has 0 unspecified atom stereocenters. The van der Waals surface area contributed by atoms with E-state index < -0.39 is 17.6 Å². The molecule has 21 heavy (non-hydrogen) atoms. The van der Waals surface area contributed by atoms with Crippen LogP contribution < -0.4 is 5.32 Å². The third kappa shape index (κ3) is 3.93. The molecule has 0 spiro atoms. The highest BCUT2D eigenvalue weighted by Gasteiger charge is 2.30. The molecule has 1 aromatic heterocycles. The lowest BCUT2D eigenvalue weighted by molar-refractivity contribution is -0.137. The second kappa shape index (κ2) is 6.00. The molecule has 0 atom stereocenters. The van der Waals surface area contributed by atoms with E-state index in [0.717, 1.165) is 27.5 Å². The van der Waals surface area contributed by atoms with Crippen molar-refractivity contribution in [2.75, 3.05) is 5.32 Å². The van der Waals surface area contributed by atoms with Crippen molar-refractivity contribution in [3.8, 4) is 0 Å². The molecule has 0 aliphatic rings. The summed E-state index contributed by atoms with van der Waals surface area (Å²) in [7, 11) is 0. The molecule has 2 aromatic rings. The highest BCUT2D eigenvalue weighted by Crippen LogP contribution is 2.30. The van der Waals surface area contributed by atoms with Gasteiger partial charge in [-0.2, -0.15) is 13.2 Å². The number of carbonyl (C=O) groups is 1. The van der Waals surface area contributed by atoms with Crippen molar-refractivity contribution in [3.63, 3.8) is 0 Å². The molecule has 0 aliphatic carbocycles. The molecule has 7 heteroatoms. The van der Waals surface area contributed by atoms with E-state index in [0.29, 0.717) is 5.56 Å². The van der Waals surface area contributed by atoms with Gasteiger partial charge in [-0.25, -0.2) is 4.98 Å². The van der Waals surface area contributed by atoms with Crippen molar-refractivity contribution in [3.05, 3.63) is 56.8 Å². The Morgan fingerprint density at radius 1 is 1.24 bits per heavy atom. The van der Waals surface area contributed by atoms with Gasteiger partial charge in [0.05, 0.1) is 5.56 Å². The molecule has 1 N–H and O–H groups in total. The number of rotatable bonds is 2. The predicted molar refractivity (Wildman–Crippen MR) is 81.1 cm³/mol. The first-order chi connectivity index (χ1) is 9.77. The lowest BCUT2D eigenvalue weighted by Gasteiger charge is -2.09. The number of benzene rings is 1. The number of anilines is 1. The highest BCUT2D eigenvalue weighted by atomic mass is 127. The Balaban J connectivity index is 2.21. The summed E-state index contributed by atoms with van der Waals surface area (Å²) < 4.78 is 38.7. The molecule has 1 heterocycles. The maximum absolute atomic E-state index is 12.6. The number of hydrogen-bond donors (Lipinski definition) is 1. The molecule has 0 aliphatic heterocycles. The van der Waals surface area contributed by atoms with E-state index in [2.05, 4.69) is 32.9 Å². The van der Waals surface area contributed by atoms with Crippen LogP contribution in [0.1, 0.15) is 21.5 Å². The predicted octanol–water partition coefficient (Wildman–Crippen LogP) is 4.27. The van der Waals surface area contributed by atoms with E-state index in [-0.39, 0.29) is 5.82 Å². The molecular formula is C14H10F3IN2O. The van der Waals surface area contributed by atoms with Gasteiger partial charge in [0.2, 0.25) is 0 Å². The van der Waals surface area contributed by atoms with Crippen LogP contribution in [-0.4, -0.2) is 10.9 Å². The van der Waals surface area contributed by atoms with Gasteiger partial charge >= 0.3 is 6.18 Å². The molecule has 0 bridgehead atoms. The van der Waals surface area contributed by atoms with Gasteiger partial charge in [0.25, 0.3) is 5.91 Å². The van der Waals surface area contributed by atoms with Crippen LogP contribution in [0.15, 0.2) is 36.5 Å². The summed E-state index contributed by atoms with van der Waals surface area (Å²) in [4.78, 5) is 15.7. The molecule has 0 fully saturated rings. The molecule has 110 valence electrons. The highest BCUT2D eigenvalue weighted by molar-refractivity contribution is 14.1. The Labute approximate surface area is 132 Å². The van der Waals surface area contributed by atoms with Gasteiger partial charge in [0, 0.05) is 15.3 Å². The summed E-state index contributed by atoms with van der Waals surface area (Å²) in [5.41, 5.74) is 0.528. The molecule has 0 radical (unpaired) electrons. The van der Waals surface area contributed by atoms with Crippen LogP contribution in [0.2, 0.25) is 0 Å². The van der Waals surface area contributed by atoms with Crippen LogP contribution in [0.5, 0.6) is 0 Å². The van der Waals surface area contributed by atoms with E-state index in [9.17, 15) is 18.0 Å². The zero-order valence-corrected chi connectivity index (χ0v) is 13.0. The van der Waals surface area contributed by atoms with Gasteiger partial charge in [0.1, 0.15) is 5.82 Å². The summed E-state index contributed by atoms with van der Waals surface area (Å²) in [5.74, 6) is -0.634. The van der Waals surface area contributed by atoms with Crippen molar-refractivity contribution in [1.29, 1.82) is 0 Å². The number of nitrogens with one attached hydrogen (secondary N) is 1. The Morgan fingerprint density at radius 2 is 1.95 bits per heavy atom. The molecule has 1 aromatic carbocycles. The Bertz CT molecular complexity index is 686. The van der Waals surface area contributed by atoms with E-state index in [1.54, 1.807) is 18.2 Å². The molecule has 3 nitrogen and oxygen atoms in total.